The average molecular weight is 193 g/mol. The van der Waals surface area contributed by atoms with Crippen LogP contribution in [0.1, 0.15) is 5.56 Å². The van der Waals surface area contributed by atoms with Crippen LogP contribution in [0, 0.1) is 6.92 Å². The number of hydrogen-bond donors (Lipinski definition) is 0. The molecule has 1 nitrogen and oxygen atoms in total. The highest BCUT2D eigenvalue weighted by atomic mass is 14.6. The Bertz CT molecular complexity index is 598. The zero-order valence-corrected chi connectivity index (χ0v) is 8.57. The molecule has 0 unspecified atom stereocenters. The van der Waals surface area contributed by atoms with Gasteiger partial charge in [0.25, 0.3) is 0 Å². The summed E-state index contributed by atoms with van der Waals surface area (Å²) in [6.45, 7) is 2.14. The van der Waals surface area contributed by atoms with E-state index in [1.807, 2.05) is 6.20 Å². The predicted molar refractivity (Wildman–Crippen MR) is 63.1 cm³/mol. The standard InChI is InChI=1S/C14H11N/c1-10-7-8-15-13-9-11-5-3-2-4-6-12(11)14(10)13/h2-9H,1H3. The number of aryl methyl sites for hydroxylation is 1. The summed E-state index contributed by atoms with van der Waals surface area (Å²) in [5.74, 6) is 0. The third-order valence-electron chi connectivity index (χ3n) is 2.82. The third-order valence-corrected chi connectivity index (χ3v) is 2.82. The van der Waals surface area contributed by atoms with E-state index in [9.17, 15) is 0 Å². The van der Waals surface area contributed by atoms with E-state index < -0.39 is 0 Å². The molecule has 0 N–H and O–H groups in total. The second-order valence-corrected chi connectivity index (χ2v) is 3.81. The van der Waals surface area contributed by atoms with Crippen molar-refractivity contribution in [2.75, 3.05) is 0 Å². The summed E-state index contributed by atoms with van der Waals surface area (Å²) in [5, 5.41) is 1.28. The van der Waals surface area contributed by atoms with Gasteiger partial charge < -0.3 is 0 Å². The Balaban J connectivity index is 2.54. The maximum Gasteiger partial charge on any atom is 0.0717 e. The molecule has 2 aliphatic rings. The van der Waals surface area contributed by atoms with Crippen LogP contribution in [0.4, 0.5) is 0 Å². The Morgan fingerprint density at radius 3 is 2.80 bits per heavy atom. The number of nitrogens with zero attached hydrogens (tertiary/aromatic N) is 1. The van der Waals surface area contributed by atoms with Crippen LogP contribution in [0.3, 0.4) is 0 Å². The van der Waals surface area contributed by atoms with Crippen molar-refractivity contribution in [1.29, 1.82) is 0 Å². The molecule has 1 aromatic heterocycles. The van der Waals surface area contributed by atoms with Crippen molar-refractivity contribution in [3.8, 4) is 11.1 Å². The Labute approximate surface area is 88.7 Å². The molecule has 0 aromatic carbocycles. The summed E-state index contributed by atoms with van der Waals surface area (Å²) in [5.41, 5.74) is 4.94. The molecular weight excluding hydrogens is 182 g/mol. The van der Waals surface area contributed by atoms with Gasteiger partial charge in [0.15, 0.2) is 0 Å². The lowest BCUT2D eigenvalue weighted by Gasteiger charge is -1.97. The molecule has 0 saturated carbocycles. The van der Waals surface area contributed by atoms with Crippen LogP contribution in [0.15, 0.2) is 48.7 Å². The summed E-state index contributed by atoms with van der Waals surface area (Å²) in [7, 11) is 0. The van der Waals surface area contributed by atoms with Crippen molar-refractivity contribution in [1.82, 2.24) is 4.98 Å². The van der Waals surface area contributed by atoms with E-state index in [1.165, 1.54) is 22.1 Å². The first-order valence-corrected chi connectivity index (χ1v) is 5.09. The molecule has 2 aliphatic carbocycles. The van der Waals surface area contributed by atoms with E-state index >= 15 is 0 Å². The van der Waals surface area contributed by atoms with Gasteiger partial charge in [-0.25, -0.2) is 0 Å². The minimum atomic E-state index is 1.09. The van der Waals surface area contributed by atoms with Gasteiger partial charge in [-0.2, -0.15) is 0 Å². The molecular formula is C14H11N. The predicted octanol–water partition coefficient (Wildman–Crippen LogP) is 3.65. The smallest absolute Gasteiger partial charge is 0.0717 e. The summed E-state index contributed by atoms with van der Waals surface area (Å²) < 4.78 is 0. The van der Waals surface area contributed by atoms with Crippen molar-refractivity contribution < 1.29 is 0 Å². The van der Waals surface area contributed by atoms with Crippen molar-refractivity contribution in [2.24, 2.45) is 0 Å². The molecule has 72 valence electrons. The van der Waals surface area contributed by atoms with Crippen LogP contribution < -0.4 is 0 Å². The lowest BCUT2D eigenvalue weighted by Crippen LogP contribution is -1.77. The number of aromatic nitrogens is 1. The van der Waals surface area contributed by atoms with Crippen molar-refractivity contribution in [3.63, 3.8) is 0 Å². The molecule has 1 heteroatoms. The van der Waals surface area contributed by atoms with Crippen LogP contribution in [0.2, 0.25) is 0 Å². The molecule has 0 bridgehead atoms. The molecule has 0 amide bonds. The monoisotopic (exact) mass is 193 g/mol. The Hall–Kier alpha value is -1.89. The van der Waals surface area contributed by atoms with Crippen molar-refractivity contribution >= 4 is 10.9 Å². The molecule has 0 saturated heterocycles. The molecule has 0 radical (unpaired) electrons. The fourth-order valence-corrected chi connectivity index (χ4v) is 2.10. The third kappa shape index (κ3) is 1.20. The lowest BCUT2D eigenvalue weighted by atomic mass is 10.1. The second kappa shape index (κ2) is 3.06. The highest BCUT2D eigenvalue weighted by Crippen LogP contribution is 2.33. The molecule has 0 spiro atoms. The zero-order chi connectivity index (χ0) is 10.3. The van der Waals surface area contributed by atoms with E-state index in [0.717, 1.165) is 5.52 Å². The molecule has 15 heavy (non-hydrogen) atoms. The molecule has 0 fully saturated rings. The summed E-state index contributed by atoms with van der Waals surface area (Å²) >= 11 is 0. The largest absolute Gasteiger partial charge is 0.256 e. The van der Waals surface area contributed by atoms with Gasteiger partial charge in [0.05, 0.1) is 5.52 Å². The first kappa shape index (κ1) is 8.42. The Morgan fingerprint density at radius 1 is 1.00 bits per heavy atom. The zero-order valence-electron chi connectivity index (χ0n) is 8.57. The highest BCUT2D eigenvalue weighted by Gasteiger charge is 2.10. The molecule has 1 heterocycles. The maximum absolute atomic E-state index is 4.40. The summed E-state index contributed by atoms with van der Waals surface area (Å²) in [6.07, 6.45) is 1.87. The first-order valence-electron chi connectivity index (χ1n) is 5.09. The van der Waals surface area contributed by atoms with Gasteiger partial charge in [-0.1, -0.05) is 30.3 Å². The van der Waals surface area contributed by atoms with Crippen molar-refractivity contribution in [2.45, 2.75) is 6.92 Å². The fourth-order valence-electron chi connectivity index (χ4n) is 2.10. The van der Waals surface area contributed by atoms with Gasteiger partial charge in [-0.05, 0) is 35.7 Å². The highest BCUT2D eigenvalue weighted by molar-refractivity contribution is 6.01. The number of rotatable bonds is 0. The molecule has 0 atom stereocenters. The maximum atomic E-state index is 4.40. The van der Waals surface area contributed by atoms with Crippen molar-refractivity contribution in [3.05, 3.63) is 54.2 Å². The SMILES string of the molecule is Cc1ccnc2cc3cccccc-3c12. The minimum Gasteiger partial charge on any atom is -0.256 e. The van der Waals surface area contributed by atoms with Gasteiger partial charge in [-0.3, -0.25) is 4.98 Å². The molecule has 0 aliphatic heterocycles. The quantitative estimate of drug-likeness (QED) is 0.531. The fraction of sp³-hybridized carbons (Fsp3) is 0.0714. The number of fused-ring (bicyclic) bond motifs is 3. The van der Waals surface area contributed by atoms with E-state index in [4.69, 9.17) is 0 Å². The summed E-state index contributed by atoms with van der Waals surface area (Å²) in [6, 6.07) is 14.7. The molecule has 3 rings (SSSR count). The first-order chi connectivity index (χ1) is 7.36. The van der Waals surface area contributed by atoms with Crippen LogP contribution in [0.25, 0.3) is 22.0 Å². The summed E-state index contributed by atoms with van der Waals surface area (Å²) in [4.78, 5) is 4.40. The van der Waals surface area contributed by atoms with Crippen LogP contribution >= 0.6 is 0 Å². The van der Waals surface area contributed by atoms with Gasteiger partial charge in [0.2, 0.25) is 0 Å². The van der Waals surface area contributed by atoms with Crippen LogP contribution in [-0.4, -0.2) is 4.98 Å². The van der Waals surface area contributed by atoms with Gasteiger partial charge >= 0.3 is 0 Å². The Kier molecular flexibility index (Phi) is 1.72. The second-order valence-electron chi connectivity index (χ2n) is 3.81. The lowest BCUT2D eigenvalue weighted by molar-refractivity contribution is 1.38. The average Bonchev–Trinajstić information content (AvgIpc) is 2.43. The Morgan fingerprint density at radius 2 is 1.87 bits per heavy atom. The van der Waals surface area contributed by atoms with E-state index in [0.29, 0.717) is 0 Å². The van der Waals surface area contributed by atoms with Crippen LogP contribution in [0.5, 0.6) is 0 Å². The van der Waals surface area contributed by atoms with E-state index in [1.54, 1.807) is 0 Å². The normalized spacial score (nSPS) is 11.0. The minimum absolute atomic E-state index is 1.09. The van der Waals surface area contributed by atoms with Gasteiger partial charge in [0.1, 0.15) is 0 Å². The van der Waals surface area contributed by atoms with E-state index in [2.05, 4.69) is 54.4 Å². The van der Waals surface area contributed by atoms with Gasteiger partial charge in [-0.15, -0.1) is 0 Å². The topological polar surface area (TPSA) is 12.9 Å². The number of pyridine rings is 1. The van der Waals surface area contributed by atoms with Crippen LogP contribution in [-0.2, 0) is 0 Å². The van der Waals surface area contributed by atoms with Gasteiger partial charge in [0, 0.05) is 11.6 Å². The van der Waals surface area contributed by atoms with E-state index in [-0.39, 0.29) is 0 Å². The number of hydrogen-bond acceptors (Lipinski definition) is 1. The molecule has 1 aromatic rings.